The van der Waals surface area contributed by atoms with Gasteiger partial charge in [-0.25, -0.2) is 8.42 Å². The van der Waals surface area contributed by atoms with E-state index < -0.39 is 15.1 Å². The number of hydrogen-bond donors (Lipinski definition) is 1. The zero-order chi connectivity index (χ0) is 16.4. The number of sulfone groups is 1. The second-order valence-electron chi connectivity index (χ2n) is 5.22. The average molecular weight is 373 g/mol. The first-order valence-corrected chi connectivity index (χ1v) is 10.6. The molecule has 3 heterocycles. The number of aromatic nitrogens is 2. The molecule has 1 amide bonds. The van der Waals surface area contributed by atoms with Gasteiger partial charge in [0, 0.05) is 6.04 Å². The van der Waals surface area contributed by atoms with E-state index in [0.29, 0.717) is 17.5 Å². The molecule has 0 aliphatic carbocycles. The quantitative estimate of drug-likeness (QED) is 0.794. The highest BCUT2D eigenvalue weighted by atomic mass is 32.2. The molecule has 10 heteroatoms. The van der Waals surface area contributed by atoms with Gasteiger partial charge in [0.15, 0.2) is 9.84 Å². The van der Waals surface area contributed by atoms with Crippen molar-refractivity contribution < 1.29 is 17.6 Å². The molecule has 0 bridgehead atoms. The SMILES string of the molecule is C[C@@H](Sc1nnc(-c2cccs2)o1)C(=O)N[C@H]1CCS(=O)(=O)C1. The molecule has 23 heavy (non-hydrogen) atoms. The normalized spacial score (nSPS) is 21.2. The summed E-state index contributed by atoms with van der Waals surface area (Å²) in [6, 6.07) is 3.46. The van der Waals surface area contributed by atoms with Gasteiger partial charge in [-0.15, -0.1) is 21.5 Å². The first kappa shape index (κ1) is 16.5. The Labute approximate surface area is 141 Å². The summed E-state index contributed by atoms with van der Waals surface area (Å²) in [5.41, 5.74) is 0. The summed E-state index contributed by atoms with van der Waals surface area (Å²) in [5.74, 6) is 0.344. The maximum atomic E-state index is 12.1. The van der Waals surface area contributed by atoms with Crippen molar-refractivity contribution in [3.8, 4) is 10.8 Å². The van der Waals surface area contributed by atoms with Gasteiger partial charge >= 0.3 is 0 Å². The number of carbonyl (C=O) groups excluding carboxylic acids is 1. The maximum absolute atomic E-state index is 12.1. The molecule has 2 aromatic rings. The van der Waals surface area contributed by atoms with E-state index in [1.165, 1.54) is 11.3 Å². The Balaban J connectivity index is 1.56. The average Bonchev–Trinajstić information content (AvgIpc) is 3.19. The van der Waals surface area contributed by atoms with Crippen molar-refractivity contribution in [3.05, 3.63) is 17.5 Å². The summed E-state index contributed by atoms with van der Waals surface area (Å²) >= 11 is 2.65. The van der Waals surface area contributed by atoms with E-state index in [4.69, 9.17) is 4.42 Å². The van der Waals surface area contributed by atoms with Crippen LogP contribution in [-0.4, -0.2) is 47.3 Å². The van der Waals surface area contributed by atoms with Crippen molar-refractivity contribution in [2.75, 3.05) is 11.5 Å². The number of carbonyl (C=O) groups is 1. The molecular formula is C13H15N3O4S3. The molecule has 0 aromatic carbocycles. The highest BCUT2D eigenvalue weighted by Gasteiger charge is 2.30. The first-order chi connectivity index (χ1) is 10.9. The summed E-state index contributed by atoms with van der Waals surface area (Å²) in [5, 5.41) is 12.4. The zero-order valence-corrected chi connectivity index (χ0v) is 14.7. The monoisotopic (exact) mass is 373 g/mol. The molecule has 1 aliphatic heterocycles. The number of thiophene rings is 1. The van der Waals surface area contributed by atoms with Crippen molar-refractivity contribution in [3.63, 3.8) is 0 Å². The lowest BCUT2D eigenvalue weighted by Crippen LogP contribution is -2.39. The lowest BCUT2D eigenvalue weighted by molar-refractivity contribution is -0.120. The first-order valence-electron chi connectivity index (χ1n) is 6.98. The van der Waals surface area contributed by atoms with Crippen LogP contribution in [-0.2, 0) is 14.6 Å². The second kappa shape index (κ2) is 6.62. The van der Waals surface area contributed by atoms with Crippen LogP contribution in [0.2, 0.25) is 0 Å². The lowest BCUT2D eigenvalue weighted by Gasteiger charge is -2.14. The number of thioether (sulfide) groups is 1. The Hall–Kier alpha value is -1.39. The van der Waals surface area contributed by atoms with E-state index in [-0.39, 0.29) is 23.5 Å². The minimum absolute atomic E-state index is 0.0131. The highest BCUT2D eigenvalue weighted by molar-refractivity contribution is 8.00. The van der Waals surface area contributed by atoms with Crippen LogP contribution in [0.4, 0.5) is 0 Å². The summed E-state index contributed by atoms with van der Waals surface area (Å²) in [7, 11) is -3.01. The molecule has 0 saturated carbocycles. The Morgan fingerprint density at radius 2 is 2.35 bits per heavy atom. The summed E-state index contributed by atoms with van der Waals surface area (Å²) < 4.78 is 28.3. The molecule has 1 N–H and O–H groups in total. The minimum atomic E-state index is -3.01. The predicted molar refractivity (Wildman–Crippen MR) is 88.1 cm³/mol. The molecule has 7 nitrogen and oxygen atoms in total. The molecule has 1 fully saturated rings. The molecule has 1 saturated heterocycles. The molecule has 0 unspecified atom stereocenters. The van der Waals surface area contributed by atoms with E-state index in [9.17, 15) is 13.2 Å². The van der Waals surface area contributed by atoms with Crippen molar-refractivity contribution in [1.29, 1.82) is 0 Å². The van der Waals surface area contributed by atoms with Gasteiger partial charge in [0.1, 0.15) is 0 Å². The van der Waals surface area contributed by atoms with Crippen molar-refractivity contribution in [2.45, 2.75) is 29.9 Å². The van der Waals surface area contributed by atoms with E-state index in [0.717, 1.165) is 16.6 Å². The molecule has 3 rings (SSSR count). The Morgan fingerprint density at radius 1 is 1.52 bits per heavy atom. The van der Waals surface area contributed by atoms with Gasteiger partial charge in [0.05, 0.1) is 21.6 Å². The Kier molecular flexibility index (Phi) is 4.74. The Bertz CT molecular complexity index is 785. The van der Waals surface area contributed by atoms with E-state index in [2.05, 4.69) is 15.5 Å². The van der Waals surface area contributed by atoms with Gasteiger partial charge in [-0.2, -0.15) is 0 Å². The molecule has 0 radical (unpaired) electrons. The lowest BCUT2D eigenvalue weighted by atomic mass is 10.2. The number of hydrogen-bond acceptors (Lipinski definition) is 8. The van der Waals surface area contributed by atoms with Crippen molar-refractivity contribution >= 4 is 38.8 Å². The molecular weight excluding hydrogens is 358 g/mol. The van der Waals surface area contributed by atoms with Gasteiger partial charge in [0.25, 0.3) is 11.1 Å². The van der Waals surface area contributed by atoms with E-state index in [1.807, 2.05) is 17.5 Å². The fraction of sp³-hybridized carbons (Fsp3) is 0.462. The highest BCUT2D eigenvalue weighted by Crippen LogP contribution is 2.28. The summed E-state index contributed by atoms with van der Waals surface area (Å²) in [6.07, 6.45) is 0.467. The second-order valence-corrected chi connectivity index (χ2v) is 9.69. The summed E-state index contributed by atoms with van der Waals surface area (Å²) in [6.45, 7) is 1.72. The zero-order valence-electron chi connectivity index (χ0n) is 12.3. The number of nitrogens with one attached hydrogen (secondary N) is 1. The van der Waals surface area contributed by atoms with Crippen LogP contribution in [0.15, 0.2) is 27.2 Å². The van der Waals surface area contributed by atoms with E-state index >= 15 is 0 Å². The standard InChI is InChI=1S/C13H15N3O4S3/c1-8(11(17)14-9-4-6-23(18,19)7-9)22-13-16-15-12(20-13)10-3-2-5-21-10/h2-3,5,8-9H,4,6-7H2,1H3,(H,14,17)/t8-,9+/m1/s1. The molecule has 2 aromatic heterocycles. The van der Waals surface area contributed by atoms with Crippen molar-refractivity contribution in [2.24, 2.45) is 0 Å². The van der Waals surface area contributed by atoms with Crippen LogP contribution in [0.25, 0.3) is 10.8 Å². The third kappa shape index (κ3) is 4.12. The van der Waals surface area contributed by atoms with Crippen LogP contribution in [0.3, 0.4) is 0 Å². The van der Waals surface area contributed by atoms with Gasteiger partial charge in [-0.3, -0.25) is 4.79 Å². The minimum Gasteiger partial charge on any atom is -0.410 e. The van der Waals surface area contributed by atoms with Crippen LogP contribution in [0.5, 0.6) is 0 Å². The van der Waals surface area contributed by atoms with Crippen molar-refractivity contribution in [1.82, 2.24) is 15.5 Å². The van der Waals surface area contributed by atoms with Crippen LogP contribution < -0.4 is 5.32 Å². The summed E-state index contributed by atoms with van der Waals surface area (Å²) in [4.78, 5) is 13.0. The smallest absolute Gasteiger partial charge is 0.277 e. The Morgan fingerprint density at radius 3 is 3.00 bits per heavy atom. The van der Waals surface area contributed by atoms with Crippen LogP contribution in [0, 0.1) is 0 Å². The number of amides is 1. The third-order valence-electron chi connectivity index (χ3n) is 3.36. The van der Waals surface area contributed by atoms with Gasteiger partial charge < -0.3 is 9.73 Å². The molecule has 0 spiro atoms. The van der Waals surface area contributed by atoms with E-state index in [1.54, 1.807) is 6.92 Å². The molecule has 124 valence electrons. The van der Waals surface area contributed by atoms with Gasteiger partial charge in [-0.1, -0.05) is 17.8 Å². The number of nitrogens with zero attached hydrogens (tertiary/aromatic N) is 2. The van der Waals surface area contributed by atoms with Gasteiger partial charge in [0.2, 0.25) is 5.91 Å². The molecule has 2 atom stereocenters. The predicted octanol–water partition coefficient (Wildman–Crippen LogP) is 1.58. The fourth-order valence-electron chi connectivity index (χ4n) is 2.19. The molecule has 1 aliphatic rings. The third-order valence-corrected chi connectivity index (χ3v) is 6.92. The number of rotatable bonds is 5. The maximum Gasteiger partial charge on any atom is 0.277 e. The fourth-order valence-corrected chi connectivity index (χ4v) is 5.20. The largest absolute Gasteiger partial charge is 0.410 e. The topological polar surface area (TPSA) is 102 Å². The van der Waals surface area contributed by atoms with Gasteiger partial charge in [-0.05, 0) is 24.8 Å². The van der Waals surface area contributed by atoms with Crippen LogP contribution >= 0.6 is 23.1 Å². The van der Waals surface area contributed by atoms with Crippen LogP contribution in [0.1, 0.15) is 13.3 Å².